The first kappa shape index (κ1) is 13.4. The van der Waals surface area contributed by atoms with Crippen molar-refractivity contribution in [2.24, 2.45) is 11.3 Å². The second kappa shape index (κ2) is 5.13. The van der Waals surface area contributed by atoms with Crippen LogP contribution in [-0.4, -0.2) is 37.6 Å². The lowest BCUT2D eigenvalue weighted by Gasteiger charge is -2.46. The third kappa shape index (κ3) is 2.08. The van der Waals surface area contributed by atoms with Gasteiger partial charge in [0.1, 0.15) is 5.60 Å². The monoisotopic (exact) mass is 227 g/mol. The zero-order chi connectivity index (χ0) is 12.2. The third-order valence-electron chi connectivity index (χ3n) is 3.71. The molecule has 1 N–H and O–H groups in total. The van der Waals surface area contributed by atoms with Crippen LogP contribution in [0, 0.1) is 22.7 Å². The summed E-state index contributed by atoms with van der Waals surface area (Å²) in [5, 5.41) is 20.2. The summed E-state index contributed by atoms with van der Waals surface area (Å²) in [4.78, 5) is 0. The highest BCUT2D eigenvalue weighted by Crippen LogP contribution is 2.44. The van der Waals surface area contributed by atoms with E-state index in [0.717, 1.165) is 0 Å². The van der Waals surface area contributed by atoms with Gasteiger partial charge in [0.05, 0.1) is 18.1 Å². The van der Waals surface area contributed by atoms with Gasteiger partial charge in [-0.2, -0.15) is 5.26 Å². The van der Waals surface area contributed by atoms with E-state index >= 15 is 0 Å². The Labute approximate surface area is 97.2 Å². The van der Waals surface area contributed by atoms with E-state index in [0.29, 0.717) is 26.1 Å². The van der Waals surface area contributed by atoms with Crippen LogP contribution >= 0.6 is 0 Å². The Morgan fingerprint density at radius 1 is 1.50 bits per heavy atom. The second-order valence-electron chi connectivity index (χ2n) is 4.82. The van der Waals surface area contributed by atoms with Gasteiger partial charge in [-0.15, -0.1) is 0 Å². The fourth-order valence-corrected chi connectivity index (χ4v) is 2.44. The smallest absolute Gasteiger partial charge is 0.109 e. The summed E-state index contributed by atoms with van der Waals surface area (Å²) < 4.78 is 10.4. The molecule has 0 bridgehead atoms. The number of ether oxygens (including phenoxy) is 2. The van der Waals surface area contributed by atoms with Crippen molar-refractivity contribution in [1.82, 2.24) is 0 Å². The Kier molecular flexibility index (Phi) is 4.31. The van der Waals surface area contributed by atoms with Crippen molar-refractivity contribution in [2.75, 3.05) is 26.9 Å². The maximum atomic E-state index is 10.8. The molecule has 1 saturated heterocycles. The molecule has 1 fully saturated rings. The quantitative estimate of drug-likeness (QED) is 0.787. The van der Waals surface area contributed by atoms with Crippen molar-refractivity contribution >= 4 is 0 Å². The van der Waals surface area contributed by atoms with Crippen molar-refractivity contribution in [3.05, 3.63) is 0 Å². The lowest BCUT2D eigenvalue weighted by Crippen LogP contribution is -2.56. The van der Waals surface area contributed by atoms with E-state index in [9.17, 15) is 10.4 Å². The first-order chi connectivity index (χ1) is 7.52. The van der Waals surface area contributed by atoms with Crippen molar-refractivity contribution < 1.29 is 14.6 Å². The van der Waals surface area contributed by atoms with E-state index in [2.05, 4.69) is 6.07 Å². The number of nitrogens with zero attached hydrogens (tertiary/aromatic N) is 1. The first-order valence-electron chi connectivity index (χ1n) is 5.73. The molecule has 4 heteroatoms. The molecular formula is C12H21NO3. The molecule has 0 aromatic rings. The van der Waals surface area contributed by atoms with Crippen LogP contribution in [-0.2, 0) is 9.47 Å². The van der Waals surface area contributed by atoms with Crippen molar-refractivity contribution in [3.63, 3.8) is 0 Å². The third-order valence-corrected chi connectivity index (χ3v) is 3.71. The Bertz CT molecular complexity index is 266. The van der Waals surface area contributed by atoms with E-state index in [4.69, 9.17) is 9.47 Å². The molecule has 92 valence electrons. The van der Waals surface area contributed by atoms with E-state index in [1.165, 1.54) is 0 Å². The van der Waals surface area contributed by atoms with Gasteiger partial charge < -0.3 is 14.6 Å². The van der Waals surface area contributed by atoms with Crippen LogP contribution in [0.3, 0.4) is 0 Å². The van der Waals surface area contributed by atoms with Crippen molar-refractivity contribution in [2.45, 2.75) is 32.3 Å². The Hall–Kier alpha value is -0.630. The highest BCUT2D eigenvalue weighted by molar-refractivity contribution is 5.13. The molecule has 0 saturated carbocycles. The van der Waals surface area contributed by atoms with Gasteiger partial charge in [-0.3, -0.25) is 0 Å². The molecule has 0 spiro atoms. The van der Waals surface area contributed by atoms with Gasteiger partial charge >= 0.3 is 0 Å². The zero-order valence-electron chi connectivity index (χ0n) is 10.3. The molecule has 1 aliphatic rings. The summed E-state index contributed by atoms with van der Waals surface area (Å²) in [6.45, 7) is 5.11. The predicted octanol–water partition coefficient (Wildman–Crippen LogP) is 1.34. The minimum atomic E-state index is -1.10. The molecule has 4 nitrogen and oxygen atoms in total. The molecule has 0 aliphatic carbocycles. The van der Waals surface area contributed by atoms with Crippen LogP contribution < -0.4 is 0 Å². The zero-order valence-corrected chi connectivity index (χ0v) is 10.3. The highest BCUT2D eigenvalue weighted by Gasteiger charge is 2.53. The molecule has 1 unspecified atom stereocenters. The summed E-state index contributed by atoms with van der Waals surface area (Å²) in [5.41, 5.74) is -1.84. The van der Waals surface area contributed by atoms with Gasteiger partial charge in [0.2, 0.25) is 0 Å². The van der Waals surface area contributed by atoms with Crippen LogP contribution in [0.2, 0.25) is 0 Å². The summed E-state index contributed by atoms with van der Waals surface area (Å²) >= 11 is 0. The van der Waals surface area contributed by atoms with E-state index < -0.39 is 11.0 Å². The largest absolute Gasteiger partial charge is 0.386 e. The molecule has 16 heavy (non-hydrogen) atoms. The van der Waals surface area contributed by atoms with Crippen LogP contribution in [0.5, 0.6) is 0 Å². The van der Waals surface area contributed by atoms with Gasteiger partial charge in [-0.1, -0.05) is 13.8 Å². The van der Waals surface area contributed by atoms with Crippen LogP contribution in [0.25, 0.3) is 0 Å². The second-order valence-corrected chi connectivity index (χ2v) is 4.82. The van der Waals surface area contributed by atoms with Gasteiger partial charge in [-0.05, 0) is 18.8 Å². The number of rotatable bonds is 4. The SMILES string of the molecule is COCC(O)(C(C)C)C1(C#N)CCOCC1. The molecule has 0 aromatic heterocycles. The lowest BCUT2D eigenvalue weighted by atomic mass is 9.63. The fraction of sp³-hybridized carbons (Fsp3) is 0.917. The molecular weight excluding hydrogens is 206 g/mol. The predicted molar refractivity (Wildman–Crippen MR) is 59.8 cm³/mol. The van der Waals surface area contributed by atoms with E-state index in [1.54, 1.807) is 7.11 Å². The van der Waals surface area contributed by atoms with E-state index in [1.807, 2.05) is 13.8 Å². The number of nitriles is 1. The summed E-state index contributed by atoms with van der Waals surface area (Å²) in [6, 6.07) is 2.31. The molecule has 1 aliphatic heterocycles. The molecule has 1 heterocycles. The number of methoxy groups -OCH3 is 1. The maximum absolute atomic E-state index is 10.8. The van der Waals surface area contributed by atoms with Gasteiger partial charge in [0.25, 0.3) is 0 Å². The highest BCUT2D eigenvalue weighted by atomic mass is 16.5. The van der Waals surface area contributed by atoms with Gasteiger partial charge in [0, 0.05) is 20.3 Å². The van der Waals surface area contributed by atoms with Crippen molar-refractivity contribution in [3.8, 4) is 6.07 Å². The first-order valence-corrected chi connectivity index (χ1v) is 5.73. The van der Waals surface area contributed by atoms with Gasteiger partial charge in [-0.25, -0.2) is 0 Å². The van der Waals surface area contributed by atoms with Crippen LogP contribution in [0.1, 0.15) is 26.7 Å². The van der Waals surface area contributed by atoms with Crippen LogP contribution in [0.4, 0.5) is 0 Å². The topological polar surface area (TPSA) is 62.5 Å². The average Bonchev–Trinajstić information content (AvgIpc) is 2.29. The molecule has 0 aromatic carbocycles. The Morgan fingerprint density at radius 2 is 2.06 bits per heavy atom. The lowest BCUT2D eigenvalue weighted by molar-refractivity contribution is -0.160. The molecule has 0 radical (unpaired) electrons. The number of hydrogen-bond acceptors (Lipinski definition) is 4. The van der Waals surface area contributed by atoms with Crippen molar-refractivity contribution in [1.29, 1.82) is 5.26 Å². The van der Waals surface area contributed by atoms with Crippen LogP contribution in [0.15, 0.2) is 0 Å². The summed E-state index contributed by atoms with van der Waals surface area (Å²) in [7, 11) is 1.55. The minimum Gasteiger partial charge on any atom is -0.386 e. The summed E-state index contributed by atoms with van der Waals surface area (Å²) in [6.07, 6.45) is 1.14. The standard InChI is InChI=1S/C12H21NO3/c1-10(2)12(14,9-15-3)11(8-13)4-6-16-7-5-11/h10,14H,4-7,9H2,1-3H3. The average molecular weight is 227 g/mol. The van der Waals surface area contributed by atoms with E-state index in [-0.39, 0.29) is 12.5 Å². The normalized spacial score (nSPS) is 23.8. The molecule has 1 atom stereocenters. The van der Waals surface area contributed by atoms with Gasteiger partial charge in [0.15, 0.2) is 0 Å². The molecule has 1 rings (SSSR count). The number of aliphatic hydroxyl groups is 1. The Balaban J connectivity index is 3.02. The minimum absolute atomic E-state index is 0.0230. The fourth-order valence-electron chi connectivity index (χ4n) is 2.44. The Morgan fingerprint density at radius 3 is 2.44 bits per heavy atom. The maximum Gasteiger partial charge on any atom is 0.109 e. The summed E-state index contributed by atoms with van der Waals surface area (Å²) in [5.74, 6) is -0.0230. The molecule has 0 amide bonds. The number of hydrogen-bond donors (Lipinski definition) is 1.